The van der Waals surface area contributed by atoms with Gasteiger partial charge in [0, 0.05) is 13.1 Å². The maximum atomic E-state index is 5.80. The molecule has 0 radical (unpaired) electrons. The molecule has 0 aliphatic carbocycles. The van der Waals surface area contributed by atoms with E-state index in [0.29, 0.717) is 0 Å². The quantitative estimate of drug-likeness (QED) is 0.807. The summed E-state index contributed by atoms with van der Waals surface area (Å²) in [5.74, 6) is 0. The fraction of sp³-hybridized carbons (Fsp3) is 0.500. The average molecular weight is 226 g/mol. The molecule has 1 fully saturated rings. The van der Waals surface area contributed by atoms with Crippen molar-refractivity contribution in [2.75, 3.05) is 23.7 Å². The van der Waals surface area contributed by atoms with Gasteiger partial charge in [-0.1, -0.05) is 11.3 Å². The molecule has 2 N–H and O–H groups in total. The predicted molar refractivity (Wildman–Crippen MR) is 61.2 cm³/mol. The first-order valence-corrected chi connectivity index (χ1v) is 6.20. The molecule has 0 amide bonds. The third kappa shape index (κ3) is 1.18. The zero-order chi connectivity index (χ0) is 9.54. The molecule has 74 valence electrons. The monoisotopic (exact) mass is 226 g/mol. The summed E-state index contributed by atoms with van der Waals surface area (Å²) in [7, 11) is 0. The summed E-state index contributed by atoms with van der Waals surface area (Å²) in [5, 5.41) is 1.88. The number of nitrogens with zero attached hydrogens (tertiary/aromatic N) is 3. The number of aromatic nitrogens is 2. The SMILES string of the molecule is Nc1snc2nc(N3CCCC3)sc12. The van der Waals surface area contributed by atoms with Crippen molar-refractivity contribution in [1.82, 2.24) is 9.36 Å². The Morgan fingerprint density at radius 3 is 2.79 bits per heavy atom. The van der Waals surface area contributed by atoms with Crippen LogP contribution in [0.15, 0.2) is 0 Å². The van der Waals surface area contributed by atoms with Gasteiger partial charge in [-0.2, -0.15) is 9.36 Å². The van der Waals surface area contributed by atoms with E-state index >= 15 is 0 Å². The zero-order valence-electron chi connectivity index (χ0n) is 7.56. The van der Waals surface area contributed by atoms with Gasteiger partial charge in [0.05, 0.1) is 0 Å². The molecule has 1 aliphatic rings. The van der Waals surface area contributed by atoms with Crippen molar-refractivity contribution < 1.29 is 0 Å². The van der Waals surface area contributed by atoms with Crippen LogP contribution in [-0.4, -0.2) is 22.4 Å². The summed E-state index contributed by atoms with van der Waals surface area (Å²) in [6, 6.07) is 0. The number of fused-ring (bicyclic) bond motifs is 1. The molecule has 6 heteroatoms. The summed E-state index contributed by atoms with van der Waals surface area (Å²) < 4.78 is 5.25. The highest BCUT2D eigenvalue weighted by Crippen LogP contribution is 2.35. The lowest BCUT2D eigenvalue weighted by molar-refractivity contribution is 0.949. The fourth-order valence-corrected chi connectivity index (χ4v) is 3.40. The van der Waals surface area contributed by atoms with Crippen molar-refractivity contribution in [3.8, 4) is 0 Å². The van der Waals surface area contributed by atoms with Crippen LogP contribution in [0.1, 0.15) is 12.8 Å². The van der Waals surface area contributed by atoms with Gasteiger partial charge in [-0.25, -0.2) is 0 Å². The number of hydrogen-bond acceptors (Lipinski definition) is 6. The summed E-state index contributed by atoms with van der Waals surface area (Å²) in [6.07, 6.45) is 2.55. The van der Waals surface area contributed by atoms with E-state index in [2.05, 4.69) is 14.3 Å². The second-order valence-corrected chi connectivity index (χ2v) is 5.17. The van der Waals surface area contributed by atoms with Crippen molar-refractivity contribution in [2.24, 2.45) is 0 Å². The number of hydrogen-bond donors (Lipinski definition) is 1. The van der Waals surface area contributed by atoms with Crippen LogP contribution in [0, 0.1) is 0 Å². The Morgan fingerprint density at radius 1 is 1.29 bits per heavy atom. The molecule has 0 unspecified atom stereocenters. The molecular formula is C8H10N4S2. The van der Waals surface area contributed by atoms with E-state index in [1.165, 1.54) is 24.4 Å². The van der Waals surface area contributed by atoms with Crippen LogP contribution in [0.4, 0.5) is 10.1 Å². The molecule has 0 spiro atoms. The molecule has 2 aromatic heterocycles. The standard InChI is InChI=1S/C8H10N4S2/c9-6-5-7(11-14-6)10-8(13-5)12-3-1-2-4-12/h1-4,9H2. The number of anilines is 2. The van der Waals surface area contributed by atoms with Gasteiger partial charge in [0.15, 0.2) is 10.8 Å². The first-order valence-electron chi connectivity index (χ1n) is 4.61. The van der Waals surface area contributed by atoms with Crippen molar-refractivity contribution in [3.63, 3.8) is 0 Å². The van der Waals surface area contributed by atoms with Gasteiger partial charge >= 0.3 is 0 Å². The first-order chi connectivity index (χ1) is 6.84. The molecule has 0 saturated carbocycles. The van der Waals surface area contributed by atoms with E-state index < -0.39 is 0 Å². The van der Waals surface area contributed by atoms with E-state index in [1.54, 1.807) is 11.3 Å². The van der Waals surface area contributed by atoms with Gasteiger partial charge in [0.2, 0.25) is 0 Å². The Bertz CT molecular complexity index is 455. The summed E-state index contributed by atoms with van der Waals surface area (Å²) in [4.78, 5) is 6.80. The Morgan fingerprint density at radius 2 is 2.07 bits per heavy atom. The highest BCUT2D eigenvalue weighted by Gasteiger charge is 2.18. The smallest absolute Gasteiger partial charge is 0.188 e. The zero-order valence-corrected chi connectivity index (χ0v) is 9.20. The topological polar surface area (TPSA) is 55.0 Å². The Labute approximate surface area is 89.5 Å². The maximum Gasteiger partial charge on any atom is 0.188 e. The molecular weight excluding hydrogens is 216 g/mol. The predicted octanol–water partition coefficient (Wildman–Crippen LogP) is 1.94. The Balaban J connectivity index is 2.05. The largest absolute Gasteiger partial charge is 0.388 e. The van der Waals surface area contributed by atoms with Crippen LogP contribution in [0.25, 0.3) is 10.3 Å². The van der Waals surface area contributed by atoms with Crippen LogP contribution < -0.4 is 10.6 Å². The molecule has 0 atom stereocenters. The van der Waals surface area contributed by atoms with Crippen LogP contribution in [0.5, 0.6) is 0 Å². The minimum Gasteiger partial charge on any atom is -0.388 e. The minimum atomic E-state index is 0.794. The highest BCUT2D eigenvalue weighted by atomic mass is 32.1. The van der Waals surface area contributed by atoms with Crippen LogP contribution in [0.3, 0.4) is 0 Å². The van der Waals surface area contributed by atoms with Gasteiger partial charge in [0.25, 0.3) is 0 Å². The summed E-state index contributed by atoms with van der Waals surface area (Å²) >= 11 is 3.00. The van der Waals surface area contributed by atoms with Gasteiger partial charge < -0.3 is 10.6 Å². The maximum absolute atomic E-state index is 5.80. The minimum absolute atomic E-state index is 0.794. The summed E-state index contributed by atoms with van der Waals surface area (Å²) in [5.41, 5.74) is 6.62. The van der Waals surface area contributed by atoms with Crippen molar-refractivity contribution in [1.29, 1.82) is 0 Å². The average Bonchev–Trinajstić information content (AvgIpc) is 2.83. The Hall–Kier alpha value is -0.880. The molecule has 3 heterocycles. The van der Waals surface area contributed by atoms with Crippen molar-refractivity contribution in [2.45, 2.75) is 12.8 Å². The fourth-order valence-electron chi connectivity index (χ4n) is 1.70. The van der Waals surface area contributed by atoms with Gasteiger partial charge in [-0.05, 0) is 24.4 Å². The van der Waals surface area contributed by atoms with E-state index in [9.17, 15) is 0 Å². The van der Waals surface area contributed by atoms with Crippen molar-refractivity contribution >= 4 is 43.3 Å². The number of rotatable bonds is 1. The van der Waals surface area contributed by atoms with E-state index in [1.807, 2.05) is 0 Å². The van der Waals surface area contributed by atoms with Crippen LogP contribution in [0.2, 0.25) is 0 Å². The summed E-state index contributed by atoms with van der Waals surface area (Å²) in [6.45, 7) is 2.25. The Kier molecular flexibility index (Phi) is 1.84. The lowest BCUT2D eigenvalue weighted by Gasteiger charge is -2.11. The van der Waals surface area contributed by atoms with Gasteiger partial charge in [-0.15, -0.1) is 0 Å². The van der Waals surface area contributed by atoms with Crippen molar-refractivity contribution in [3.05, 3.63) is 0 Å². The third-order valence-corrected chi connectivity index (χ3v) is 4.36. The second-order valence-electron chi connectivity index (χ2n) is 3.39. The number of nitrogens with two attached hydrogens (primary N) is 1. The molecule has 3 rings (SSSR count). The molecule has 0 aromatic carbocycles. The van der Waals surface area contributed by atoms with Gasteiger partial charge in [0.1, 0.15) is 9.70 Å². The lowest BCUT2D eigenvalue weighted by Crippen LogP contribution is -2.16. The molecule has 14 heavy (non-hydrogen) atoms. The van der Waals surface area contributed by atoms with E-state index in [0.717, 1.165) is 33.6 Å². The molecule has 1 aliphatic heterocycles. The third-order valence-electron chi connectivity index (χ3n) is 2.43. The van der Waals surface area contributed by atoms with Crippen LogP contribution >= 0.6 is 22.9 Å². The van der Waals surface area contributed by atoms with Gasteiger partial charge in [-0.3, -0.25) is 0 Å². The van der Waals surface area contributed by atoms with E-state index in [4.69, 9.17) is 5.73 Å². The second kappa shape index (κ2) is 3.06. The molecule has 2 aromatic rings. The highest BCUT2D eigenvalue weighted by molar-refractivity contribution is 7.26. The molecule has 1 saturated heterocycles. The lowest BCUT2D eigenvalue weighted by atomic mass is 10.4. The number of thiazole rings is 1. The van der Waals surface area contributed by atoms with Crippen LogP contribution in [-0.2, 0) is 0 Å². The normalized spacial score (nSPS) is 17.0. The molecule has 0 bridgehead atoms. The van der Waals surface area contributed by atoms with E-state index in [-0.39, 0.29) is 0 Å². The number of nitrogen functional groups attached to an aromatic ring is 1. The molecule has 4 nitrogen and oxygen atoms in total. The first kappa shape index (κ1) is 8.43.